The van der Waals surface area contributed by atoms with E-state index in [1.807, 2.05) is 37.6 Å². The van der Waals surface area contributed by atoms with Gasteiger partial charge in [-0.1, -0.05) is 25.0 Å². The molecule has 12 nitrogen and oxygen atoms in total. The number of ether oxygens (including phenoxy) is 2. The molecule has 2 fully saturated rings. The number of nitrogens with two attached hydrogens (primary N) is 1. The molecular formula is C30H37N7O5S. The van der Waals surface area contributed by atoms with Gasteiger partial charge in [0.1, 0.15) is 28.1 Å². The number of amides is 2. The first-order valence-electron chi connectivity index (χ1n) is 14.8. The number of nitrogens with zero attached hydrogens (tertiary/aromatic N) is 5. The summed E-state index contributed by atoms with van der Waals surface area (Å²) >= 11 is 1.46. The summed E-state index contributed by atoms with van der Waals surface area (Å²) in [6.07, 6.45) is 8.30. The summed E-state index contributed by atoms with van der Waals surface area (Å²) in [4.78, 5) is 51.3. The Morgan fingerprint density at radius 2 is 2.07 bits per heavy atom. The van der Waals surface area contributed by atoms with Gasteiger partial charge in [-0.15, -0.1) is 11.3 Å². The first-order chi connectivity index (χ1) is 20.7. The number of carbonyl (C=O) groups excluding carboxylic acids is 3. The Balaban J connectivity index is 1.30. The third kappa shape index (κ3) is 5.63. The van der Waals surface area contributed by atoms with Crippen molar-refractivity contribution in [1.29, 1.82) is 0 Å². The van der Waals surface area contributed by atoms with Crippen molar-refractivity contribution >= 4 is 39.3 Å². The van der Waals surface area contributed by atoms with Crippen molar-refractivity contribution in [3.05, 3.63) is 35.4 Å². The van der Waals surface area contributed by atoms with Crippen molar-refractivity contribution in [2.24, 2.45) is 18.7 Å². The number of carbonyl (C=O) groups is 3. The van der Waals surface area contributed by atoms with E-state index in [1.165, 1.54) is 23.3 Å². The largest absolute Gasteiger partial charge is 0.471 e. The summed E-state index contributed by atoms with van der Waals surface area (Å²) < 4.78 is 14.1. The molecule has 1 aliphatic carbocycles. The summed E-state index contributed by atoms with van der Waals surface area (Å²) in [7, 11) is 3.15. The van der Waals surface area contributed by atoms with Gasteiger partial charge in [-0.3, -0.25) is 14.3 Å². The second kappa shape index (κ2) is 11.7. The van der Waals surface area contributed by atoms with Gasteiger partial charge in [-0.2, -0.15) is 10.1 Å². The molecule has 13 heteroatoms. The number of allylic oxidation sites excluding steroid dienone is 1. The van der Waals surface area contributed by atoms with E-state index < -0.39 is 35.6 Å². The lowest BCUT2D eigenvalue weighted by atomic mass is 10.1. The van der Waals surface area contributed by atoms with Crippen molar-refractivity contribution in [1.82, 2.24) is 30.0 Å². The fourth-order valence-corrected chi connectivity index (χ4v) is 6.98. The molecule has 3 N–H and O–H groups in total. The molecule has 0 radical (unpaired) electrons. The summed E-state index contributed by atoms with van der Waals surface area (Å²) in [6.45, 7) is 2.07. The lowest BCUT2D eigenvalue weighted by Gasteiger charge is -2.28. The Kier molecular flexibility index (Phi) is 7.94. The fourth-order valence-electron chi connectivity index (χ4n) is 6.22. The van der Waals surface area contributed by atoms with E-state index in [1.54, 1.807) is 4.68 Å². The monoisotopic (exact) mass is 607 g/mol. The van der Waals surface area contributed by atoms with E-state index >= 15 is 0 Å². The molecule has 43 heavy (non-hydrogen) atoms. The maximum absolute atomic E-state index is 13.8. The van der Waals surface area contributed by atoms with Crippen LogP contribution in [0.1, 0.15) is 50.6 Å². The molecule has 3 aromatic heterocycles. The number of hydrogen-bond donors (Lipinski definition) is 2. The normalized spacial score (nSPS) is 28.8. The van der Waals surface area contributed by atoms with Crippen LogP contribution in [0.3, 0.4) is 0 Å². The maximum atomic E-state index is 13.8. The number of aromatic nitrogens is 4. The Hall–Kier alpha value is -3.84. The van der Waals surface area contributed by atoms with Gasteiger partial charge in [-0.25, -0.2) is 9.78 Å². The smallest absolute Gasteiger partial charge is 0.332 e. The highest BCUT2D eigenvalue weighted by molar-refractivity contribution is 7.17. The molecule has 0 bridgehead atoms. The molecular weight excluding hydrogens is 570 g/mol. The van der Waals surface area contributed by atoms with Crippen LogP contribution in [0.5, 0.6) is 5.88 Å². The van der Waals surface area contributed by atoms with E-state index in [0.29, 0.717) is 24.5 Å². The molecule has 2 amide bonds. The second-order valence-electron chi connectivity index (χ2n) is 11.7. The van der Waals surface area contributed by atoms with Crippen LogP contribution in [-0.2, 0) is 26.2 Å². The van der Waals surface area contributed by atoms with Gasteiger partial charge < -0.3 is 25.4 Å². The maximum Gasteiger partial charge on any atom is 0.332 e. The summed E-state index contributed by atoms with van der Waals surface area (Å²) in [6, 6.07) is 2.22. The van der Waals surface area contributed by atoms with E-state index in [9.17, 15) is 14.4 Å². The summed E-state index contributed by atoms with van der Waals surface area (Å²) in [5.41, 5.74) is 7.56. The standard InChI is InChI=1S/C30H37N7O5S/c1-17-13-22(36(2)35-17)25-32-21-11-12-43-24(21)27(33-25)42-19-14-23-26(38)34-30(29(40)41-3)15-18(30)9-7-5-4-6-8-10-20(31)28(39)37(23)16-19/h7,9,11-13,18-20,23H,4-6,8,10,14-16,31H2,1-3H3,(H,34,38)/b9-7-/t18-,19-,20+,23+,30-/m1/s1. The van der Waals surface area contributed by atoms with Gasteiger partial charge in [-0.05, 0) is 50.1 Å². The molecule has 1 saturated heterocycles. The van der Waals surface area contributed by atoms with Gasteiger partial charge in [0.2, 0.25) is 17.7 Å². The van der Waals surface area contributed by atoms with Crippen molar-refractivity contribution in [3.63, 3.8) is 0 Å². The van der Waals surface area contributed by atoms with Crippen LogP contribution in [-0.4, -0.2) is 79.8 Å². The van der Waals surface area contributed by atoms with E-state index in [4.69, 9.17) is 25.2 Å². The highest BCUT2D eigenvalue weighted by atomic mass is 32.1. The third-order valence-electron chi connectivity index (χ3n) is 8.61. The number of fused-ring (bicyclic) bond motifs is 3. The number of esters is 1. The van der Waals surface area contributed by atoms with E-state index in [2.05, 4.69) is 16.5 Å². The molecule has 6 rings (SSSR count). The van der Waals surface area contributed by atoms with Crippen molar-refractivity contribution in [2.45, 2.75) is 75.6 Å². The topological polar surface area (TPSA) is 155 Å². The van der Waals surface area contributed by atoms with Crippen molar-refractivity contribution in [2.75, 3.05) is 13.7 Å². The zero-order valence-electron chi connectivity index (χ0n) is 24.6. The first-order valence-corrected chi connectivity index (χ1v) is 15.6. The van der Waals surface area contributed by atoms with Gasteiger partial charge in [0.15, 0.2) is 5.82 Å². The lowest BCUT2D eigenvalue weighted by molar-refractivity contribution is -0.148. The minimum atomic E-state index is -1.13. The van der Waals surface area contributed by atoms with Gasteiger partial charge in [0.05, 0.1) is 30.9 Å². The Labute approximate surface area is 253 Å². The highest BCUT2D eigenvalue weighted by Crippen LogP contribution is 2.46. The number of nitrogens with one attached hydrogen (secondary N) is 1. The predicted molar refractivity (Wildman–Crippen MR) is 160 cm³/mol. The summed E-state index contributed by atoms with van der Waals surface area (Å²) in [5, 5.41) is 9.30. The van der Waals surface area contributed by atoms with Crippen LogP contribution < -0.4 is 15.8 Å². The zero-order chi connectivity index (χ0) is 30.3. The number of hydrogen-bond acceptors (Lipinski definition) is 10. The molecule has 2 aliphatic heterocycles. The molecule has 5 atom stereocenters. The van der Waals surface area contributed by atoms with Crippen LogP contribution in [0.4, 0.5) is 0 Å². The first kappa shape index (κ1) is 29.2. The number of methoxy groups -OCH3 is 1. The molecule has 0 aromatic carbocycles. The number of thiophene rings is 1. The average Bonchev–Trinajstić information content (AvgIpc) is 3.33. The zero-order valence-corrected chi connectivity index (χ0v) is 25.4. The van der Waals surface area contributed by atoms with Crippen LogP contribution in [0.2, 0.25) is 0 Å². The van der Waals surface area contributed by atoms with Crippen molar-refractivity contribution in [3.8, 4) is 17.4 Å². The molecule has 1 saturated carbocycles. The Bertz CT molecular complexity index is 1580. The molecule has 3 aromatic rings. The Morgan fingerprint density at radius 3 is 2.84 bits per heavy atom. The lowest BCUT2D eigenvalue weighted by Crippen LogP contribution is -2.55. The van der Waals surface area contributed by atoms with Crippen LogP contribution in [0.15, 0.2) is 29.7 Å². The average molecular weight is 608 g/mol. The molecule has 0 unspecified atom stereocenters. The minimum absolute atomic E-state index is 0.156. The van der Waals surface area contributed by atoms with Crippen LogP contribution in [0, 0.1) is 12.8 Å². The number of aryl methyl sites for hydroxylation is 2. The van der Waals surface area contributed by atoms with Gasteiger partial charge >= 0.3 is 5.97 Å². The SMILES string of the molecule is COC(=O)[C@@]12C[C@H]1/C=C\CCCCC[C@H](N)C(=O)N1C[C@H](Oc3nc(-c4cc(C)nn4C)nc4ccsc34)C[C@H]1C(=O)N2. The van der Waals surface area contributed by atoms with E-state index in [-0.39, 0.29) is 24.8 Å². The fraction of sp³-hybridized carbons (Fsp3) is 0.533. The van der Waals surface area contributed by atoms with Crippen LogP contribution in [0.25, 0.3) is 21.7 Å². The Morgan fingerprint density at radius 1 is 1.23 bits per heavy atom. The summed E-state index contributed by atoms with van der Waals surface area (Å²) in [5.74, 6) is -0.500. The van der Waals surface area contributed by atoms with E-state index in [0.717, 1.165) is 47.3 Å². The third-order valence-corrected chi connectivity index (χ3v) is 9.50. The minimum Gasteiger partial charge on any atom is -0.471 e. The quantitative estimate of drug-likeness (QED) is 0.336. The molecule has 5 heterocycles. The van der Waals surface area contributed by atoms with Crippen molar-refractivity contribution < 1.29 is 23.9 Å². The van der Waals surface area contributed by atoms with Gasteiger partial charge in [0, 0.05) is 19.4 Å². The molecule has 0 spiro atoms. The van der Waals surface area contributed by atoms with Gasteiger partial charge in [0.25, 0.3) is 0 Å². The highest BCUT2D eigenvalue weighted by Gasteiger charge is 2.62. The predicted octanol–water partition coefficient (Wildman–Crippen LogP) is 2.64. The number of rotatable bonds is 4. The second-order valence-corrected chi connectivity index (χ2v) is 12.6. The van der Waals surface area contributed by atoms with Crippen LogP contribution >= 0.6 is 11.3 Å². The molecule has 228 valence electrons. The molecule has 3 aliphatic rings.